The lowest BCUT2D eigenvalue weighted by molar-refractivity contribution is 0.484. The van der Waals surface area contributed by atoms with Crippen LogP contribution in [0.3, 0.4) is 0 Å². The number of hydrogen-bond acceptors (Lipinski definition) is 3. The molecule has 0 aromatic carbocycles. The van der Waals surface area contributed by atoms with Gasteiger partial charge in [0.1, 0.15) is 12.2 Å². The smallest absolute Gasteiger partial charge is 0.147 e. The summed E-state index contributed by atoms with van der Waals surface area (Å²) in [6.45, 7) is 5.16. The van der Waals surface area contributed by atoms with E-state index >= 15 is 0 Å². The molecule has 0 saturated heterocycles. The molecule has 4 heteroatoms. The largest absolute Gasteiger partial charge is 0.314 e. The van der Waals surface area contributed by atoms with Crippen molar-refractivity contribution in [3.05, 3.63) is 12.2 Å². The molecular weight excluding hydrogens is 188 g/mol. The molecule has 4 nitrogen and oxygen atoms in total. The highest BCUT2D eigenvalue weighted by atomic mass is 15.3. The molecular formula is C11H20N4. The Labute approximate surface area is 91.1 Å². The molecule has 0 bridgehead atoms. The van der Waals surface area contributed by atoms with Crippen molar-refractivity contribution in [1.82, 2.24) is 20.1 Å². The van der Waals surface area contributed by atoms with Gasteiger partial charge < -0.3 is 9.88 Å². The zero-order chi connectivity index (χ0) is 10.7. The predicted octanol–water partition coefficient (Wildman–Crippen LogP) is 1.89. The molecule has 15 heavy (non-hydrogen) atoms. The quantitative estimate of drug-likeness (QED) is 0.821. The molecule has 1 fully saturated rings. The van der Waals surface area contributed by atoms with E-state index in [1.807, 2.05) is 6.33 Å². The fourth-order valence-electron chi connectivity index (χ4n) is 2.19. The average molecular weight is 208 g/mol. The minimum atomic E-state index is 0.445. The third-order valence-corrected chi connectivity index (χ3v) is 3.11. The van der Waals surface area contributed by atoms with Crippen molar-refractivity contribution in [1.29, 1.82) is 0 Å². The van der Waals surface area contributed by atoms with E-state index in [4.69, 9.17) is 0 Å². The van der Waals surface area contributed by atoms with E-state index in [1.165, 1.54) is 25.7 Å². The second kappa shape index (κ2) is 4.75. The van der Waals surface area contributed by atoms with Crippen LogP contribution in [0.5, 0.6) is 0 Å². The van der Waals surface area contributed by atoms with Crippen LogP contribution in [0, 0.1) is 0 Å². The zero-order valence-corrected chi connectivity index (χ0v) is 9.61. The topological polar surface area (TPSA) is 42.7 Å². The molecule has 1 aromatic rings. The SMILES string of the molecule is CC(C)n1cnnc1CNC1CCCC1. The van der Waals surface area contributed by atoms with Crippen LogP contribution >= 0.6 is 0 Å². The van der Waals surface area contributed by atoms with E-state index in [0.717, 1.165) is 12.4 Å². The van der Waals surface area contributed by atoms with E-state index in [1.54, 1.807) is 0 Å². The Bertz CT molecular complexity index is 299. The molecule has 0 unspecified atom stereocenters. The Morgan fingerprint density at radius 2 is 2.20 bits per heavy atom. The van der Waals surface area contributed by atoms with Gasteiger partial charge in [-0.25, -0.2) is 0 Å². The van der Waals surface area contributed by atoms with Crippen LogP contribution in [0.25, 0.3) is 0 Å². The van der Waals surface area contributed by atoms with Crippen molar-refractivity contribution in [3.63, 3.8) is 0 Å². The summed E-state index contributed by atoms with van der Waals surface area (Å²) in [4.78, 5) is 0. The van der Waals surface area contributed by atoms with Gasteiger partial charge >= 0.3 is 0 Å². The predicted molar refractivity (Wildman–Crippen MR) is 59.5 cm³/mol. The molecule has 1 heterocycles. The van der Waals surface area contributed by atoms with E-state index in [0.29, 0.717) is 12.1 Å². The second-order valence-electron chi connectivity index (χ2n) is 4.61. The Morgan fingerprint density at radius 3 is 2.87 bits per heavy atom. The lowest BCUT2D eigenvalue weighted by atomic mass is 10.2. The molecule has 0 atom stereocenters. The van der Waals surface area contributed by atoms with Gasteiger partial charge in [0.25, 0.3) is 0 Å². The summed E-state index contributed by atoms with van der Waals surface area (Å²) in [5.74, 6) is 1.05. The molecule has 2 rings (SSSR count). The fourth-order valence-corrected chi connectivity index (χ4v) is 2.19. The highest BCUT2D eigenvalue weighted by Gasteiger charge is 2.15. The number of nitrogens with one attached hydrogen (secondary N) is 1. The monoisotopic (exact) mass is 208 g/mol. The van der Waals surface area contributed by atoms with Crippen LogP contribution in [-0.2, 0) is 6.54 Å². The first-order valence-corrected chi connectivity index (χ1v) is 5.89. The van der Waals surface area contributed by atoms with E-state index in [-0.39, 0.29) is 0 Å². The fraction of sp³-hybridized carbons (Fsp3) is 0.818. The zero-order valence-electron chi connectivity index (χ0n) is 9.61. The Kier molecular flexibility index (Phi) is 3.36. The standard InChI is InChI=1S/C11H20N4/c1-9(2)15-8-13-14-11(15)7-12-10-5-3-4-6-10/h8-10,12H,3-7H2,1-2H3. The highest BCUT2D eigenvalue weighted by Crippen LogP contribution is 2.18. The molecule has 0 radical (unpaired) electrons. The molecule has 1 aliphatic carbocycles. The lowest BCUT2D eigenvalue weighted by Crippen LogP contribution is -2.27. The van der Waals surface area contributed by atoms with E-state index in [9.17, 15) is 0 Å². The Balaban J connectivity index is 1.89. The van der Waals surface area contributed by atoms with Gasteiger partial charge in [-0.1, -0.05) is 12.8 Å². The van der Waals surface area contributed by atoms with Crippen molar-refractivity contribution in [2.45, 2.75) is 58.2 Å². The first kappa shape index (κ1) is 10.6. The van der Waals surface area contributed by atoms with Gasteiger partial charge in [0, 0.05) is 12.1 Å². The number of aromatic nitrogens is 3. The van der Waals surface area contributed by atoms with Crippen LogP contribution < -0.4 is 5.32 Å². The first-order valence-electron chi connectivity index (χ1n) is 5.89. The molecule has 1 aliphatic rings. The summed E-state index contributed by atoms with van der Waals surface area (Å²) >= 11 is 0. The summed E-state index contributed by atoms with van der Waals surface area (Å²) < 4.78 is 2.13. The van der Waals surface area contributed by atoms with Gasteiger partial charge in [0.15, 0.2) is 0 Å². The minimum absolute atomic E-state index is 0.445. The number of hydrogen-bond donors (Lipinski definition) is 1. The van der Waals surface area contributed by atoms with Crippen molar-refractivity contribution in [3.8, 4) is 0 Å². The number of rotatable bonds is 4. The van der Waals surface area contributed by atoms with Crippen LogP contribution in [0.4, 0.5) is 0 Å². The maximum absolute atomic E-state index is 4.15. The minimum Gasteiger partial charge on any atom is -0.314 e. The van der Waals surface area contributed by atoms with Crippen molar-refractivity contribution in [2.24, 2.45) is 0 Å². The van der Waals surface area contributed by atoms with Crippen molar-refractivity contribution >= 4 is 0 Å². The Morgan fingerprint density at radius 1 is 1.47 bits per heavy atom. The van der Waals surface area contributed by atoms with E-state index < -0.39 is 0 Å². The van der Waals surface area contributed by atoms with Crippen LogP contribution in [-0.4, -0.2) is 20.8 Å². The van der Waals surface area contributed by atoms with Crippen LogP contribution in [0.15, 0.2) is 6.33 Å². The molecule has 0 aliphatic heterocycles. The molecule has 84 valence electrons. The third kappa shape index (κ3) is 2.56. The van der Waals surface area contributed by atoms with Crippen molar-refractivity contribution in [2.75, 3.05) is 0 Å². The van der Waals surface area contributed by atoms with Gasteiger partial charge in [0.2, 0.25) is 0 Å². The summed E-state index contributed by atoms with van der Waals surface area (Å²) in [5, 5.41) is 11.7. The Hall–Kier alpha value is -0.900. The van der Waals surface area contributed by atoms with Crippen LogP contribution in [0.2, 0.25) is 0 Å². The van der Waals surface area contributed by atoms with Crippen molar-refractivity contribution < 1.29 is 0 Å². The molecule has 0 amide bonds. The summed E-state index contributed by atoms with van der Waals surface area (Å²) in [7, 11) is 0. The molecule has 1 saturated carbocycles. The summed E-state index contributed by atoms with van der Waals surface area (Å²) in [5.41, 5.74) is 0. The highest BCUT2D eigenvalue weighted by molar-refractivity contribution is 4.88. The van der Waals surface area contributed by atoms with Gasteiger partial charge in [0.05, 0.1) is 6.54 Å². The van der Waals surface area contributed by atoms with Gasteiger partial charge in [-0.2, -0.15) is 0 Å². The molecule has 1 aromatic heterocycles. The lowest BCUT2D eigenvalue weighted by Gasteiger charge is -2.13. The van der Waals surface area contributed by atoms with E-state index in [2.05, 4.69) is 33.9 Å². The first-order chi connectivity index (χ1) is 7.27. The maximum atomic E-state index is 4.15. The summed E-state index contributed by atoms with van der Waals surface area (Å²) in [6, 6.07) is 1.14. The third-order valence-electron chi connectivity index (χ3n) is 3.11. The normalized spacial score (nSPS) is 17.8. The van der Waals surface area contributed by atoms with Crippen LogP contribution in [0.1, 0.15) is 51.4 Å². The van der Waals surface area contributed by atoms with Gasteiger partial charge in [-0.05, 0) is 26.7 Å². The maximum Gasteiger partial charge on any atom is 0.147 e. The molecule has 0 spiro atoms. The van der Waals surface area contributed by atoms with Gasteiger partial charge in [-0.15, -0.1) is 10.2 Å². The summed E-state index contributed by atoms with van der Waals surface area (Å²) in [6.07, 6.45) is 7.19. The second-order valence-corrected chi connectivity index (χ2v) is 4.61. The average Bonchev–Trinajstić information content (AvgIpc) is 2.86. The van der Waals surface area contributed by atoms with Gasteiger partial charge in [-0.3, -0.25) is 0 Å². The number of nitrogens with zero attached hydrogens (tertiary/aromatic N) is 3. The molecule has 1 N–H and O–H groups in total.